The number of methoxy groups -OCH3 is 1. The molecule has 2 aromatic rings. The minimum absolute atomic E-state index is 0.185. The van der Waals surface area contributed by atoms with Gasteiger partial charge in [-0.05, 0) is 12.8 Å². The molecule has 26 heavy (non-hydrogen) atoms. The molecular weight excluding hydrogens is 334 g/mol. The highest BCUT2D eigenvalue weighted by Gasteiger charge is 2.38. The van der Waals surface area contributed by atoms with Gasteiger partial charge in [0.15, 0.2) is 0 Å². The van der Waals surface area contributed by atoms with E-state index in [0.717, 1.165) is 29.9 Å². The van der Waals surface area contributed by atoms with E-state index in [2.05, 4.69) is 20.2 Å². The number of carbonyl (C=O) groups excluding carboxylic acids is 2. The van der Waals surface area contributed by atoms with Gasteiger partial charge in [-0.25, -0.2) is 9.78 Å². The first-order chi connectivity index (χ1) is 12.7. The molecule has 1 fully saturated rings. The summed E-state index contributed by atoms with van der Waals surface area (Å²) in [5, 5.41) is 7.16. The number of aromatic amines is 2. The SMILES string of the molecule is COC(=O)[C@H]1Cc2nc[nH]c2CN1C(=O)c1cn[nH]c1C1CCCCC1. The van der Waals surface area contributed by atoms with Gasteiger partial charge in [-0.2, -0.15) is 5.10 Å². The fourth-order valence-electron chi connectivity index (χ4n) is 4.12. The lowest BCUT2D eigenvalue weighted by Crippen LogP contribution is -2.49. The second kappa shape index (κ2) is 6.93. The monoisotopic (exact) mass is 357 g/mol. The summed E-state index contributed by atoms with van der Waals surface area (Å²) in [7, 11) is 1.34. The molecule has 0 bridgehead atoms. The smallest absolute Gasteiger partial charge is 0.329 e. The molecule has 1 amide bonds. The quantitative estimate of drug-likeness (QED) is 0.817. The number of ether oxygens (including phenoxy) is 1. The molecule has 2 aromatic heterocycles. The van der Waals surface area contributed by atoms with Crippen molar-refractivity contribution in [3.05, 3.63) is 35.2 Å². The van der Waals surface area contributed by atoms with E-state index in [1.54, 1.807) is 17.4 Å². The Labute approximate surface area is 151 Å². The fourth-order valence-corrected chi connectivity index (χ4v) is 4.12. The minimum atomic E-state index is -0.669. The first kappa shape index (κ1) is 16.8. The first-order valence-corrected chi connectivity index (χ1v) is 9.12. The average Bonchev–Trinajstić information content (AvgIpc) is 3.35. The summed E-state index contributed by atoms with van der Waals surface area (Å²) in [6, 6.07) is -0.669. The van der Waals surface area contributed by atoms with Gasteiger partial charge in [0.25, 0.3) is 5.91 Å². The molecule has 1 atom stereocenters. The van der Waals surface area contributed by atoms with E-state index in [1.165, 1.54) is 26.4 Å². The Kier molecular flexibility index (Phi) is 4.48. The zero-order valence-electron chi connectivity index (χ0n) is 14.8. The predicted octanol–water partition coefficient (Wildman–Crippen LogP) is 1.92. The number of carbonyl (C=O) groups is 2. The Morgan fingerprint density at radius 3 is 2.85 bits per heavy atom. The molecule has 3 heterocycles. The third kappa shape index (κ3) is 2.89. The van der Waals surface area contributed by atoms with Crippen LogP contribution in [0.1, 0.15) is 65.5 Å². The number of amides is 1. The molecule has 0 saturated heterocycles. The minimum Gasteiger partial charge on any atom is -0.467 e. The number of hydrogen-bond donors (Lipinski definition) is 2. The Hall–Kier alpha value is -2.64. The summed E-state index contributed by atoms with van der Waals surface area (Å²) >= 11 is 0. The largest absolute Gasteiger partial charge is 0.467 e. The molecule has 1 saturated carbocycles. The number of H-pyrrole nitrogens is 2. The van der Waals surface area contributed by atoms with Gasteiger partial charge in [0.05, 0.1) is 48.8 Å². The van der Waals surface area contributed by atoms with Gasteiger partial charge in [-0.15, -0.1) is 0 Å². The summed E-state index contributed by atoms with van der Waals surface area (Å²) in [5.41, 5.74) is 3.13. The topological polar surface area (TPSA) is 104 Å². The van der Waals surface area contributed by atoms with Crippen molar-refractivity contribution in [2.45, 2.75) is 57.0 Å². The van der Waals surface area contributed by atoms with Crippen molar-refractivity contribution in [3.8, 4) is 0 Å². The number of rotatable bonds is 3. The van der Waals surface area contributed by atoms with E-state index in [0.29, 0.717) is 24.4 Å². The Morgan fingerprint density at radius 2 is 2.08 bits per heavy atom. The lowest BCUT2D eigenvalue weighted by molar-refractivity contribution is -0.146. The fraction of sp³-hybridized carbons (Fsp3) is 0.556. The van der Waals surface area contributed by atoms with Crippen LogP contribution in [0, 0.1) is 0 Å². The number of esters is 1. The maximum absolute atomic E-state index is 13.3. The summed E-state index contributed by atoms with van der Waals surface area (Å²) in [6.07, 6.45) is 9.25. The second-order valence-corrected chi connectivity index (χ2v) is 7.04. The van der Waals surface area contributed by atoms with Crippen molar-refractivity contribution in [1.29, 1.82) is 0 Å². The van der Waals surface area contributed by atoms with Crippen LogP contribution in [-0.2, 0) is 22.5 Å². The molecule has 138 valence electrons. The lowest BCUT2D eigenvalue weighted by Gasteiger charge is -2.33. The Morgan fingerprint density at radius 1 is 1.27 bits per heavy atom. The van der Waals surface area contributed by atoms with Crippen LogP contribution < -0.4 is 0 Å². The predicted molar refractivity (Wildman–Crippen MR) is 92.4 cm³/mol. The second-order valence-electron chi connectivity index (χ2n) is 7.04. The average molecular weight is 357 g/mol. The highest BCUT2D eigenvalue weighted by molar-refractivity contribution is 5.98. The molecule has 1 aliphatic heterocycles. The third-order valence-electron chi connectivity index (χ3n) is 5.55. The van der Waals surface area contributed by atoms with Gasteiger partial charge in [-0.3, -0.25) is 9.89 Å². The molecule has 0 radical (unpaired) electrons. The lowest BCUT2D eigenvalue weighted by atomic mass is 9.85. The van der Waals surface area contributed by atoms with Crippen LogP contribution in [0.3, 0.4) is 0 Å². The van der Waals surface area contributed by atoms with Crippen molar-refractivity contribution in [2.75, 3.05) is 7.11 Å². The van der Waals surface area contributed by atoms with E-state index in [-0.39, 0.29) is 5.91 Å². The van der Waals surface area contributed by atoms with E-state index in [9.17, 15) is 9.59 Å². The third-order valence-corrected chi connectivity index (χ3v) is 5.55. The van der Waals surface area contributed by atoms with Gasteiger partial charge in [-0.1, -0.05) is 19.3 Å². The van der Waals surface area contributed by atoms with Crippen molar-refractivity contribution in [1.82, 2.24) is 25.1 Å². The Bertz CT molecular complexity index is 805. The molecule has 1 aliphatic carbocycles. The maximum Gasteiger partial charge on any atom is 0.329 e. The van der Waals surface area contributed by atoms with Crippen LogP contribution in [0.4, 0.5) is 0 Å². The molecule has 0 aromatic carbocycles. The van der Waals surface area contributed by atoms with Crippen molar-refractivity contribution < 1.29 is 14.3 Å². The molecular formula is C18H23N5O3. The van der Waals surface area contributed by atoms with Gasteiger partial charge in [0.1, 0.15) is 6.04 Å². The van der Waals surface area contributed by atoms with Crippen LogP contribution in [-0.4, -0.2) is 50.1 Å². The molecule has 0 spiro atoms. The number of imidazole rings is 1. The zero-order valence-corrected chi connectivity index (χ0v) is 14.8. The van der Waals surface area contributed by atoms with Crippen molar-refractivity contribution >= 4 is 11.9 Å². The highest BCUT2D eigenvalue weighted by atomic mass is 16.5. The number of nitrogens with zero attached hydrogens (tertiary/aromatic N) is 3. The van der Waals surface area contributed by atoms with Crippen molar-refractivity contribution in [3.63, 3.8) is 0 Å². The first-order valence-electron chi connectivity index (χ1n) is 9.12. The van der Waals surface area contributed by atoms with Gasteiger partial charge in [0.2, 0.25) is 0 Å². The summed E-state index contributed by atoms with van der Waals surface area (Å²) < 4.78 is 4.93. The van der Waals surface area contributed by atoms with Crippen LogP contribution in [0.2, 0.25) is 0 Å². The molecule has 8 heteroatoms. The van der Waals surface area contributed by atoms with E-state index >= 15 is 0 Å². The molecule has 0 unspecified atom stereocenters. The number of hydrogen-bond acceptors (Lipinski definition) is 5. The normalized spacial score (nSPS) is 20.7. The van der Waals surface area contributed by atoms with Crippen LogP contribution >= 0.6 is 0 Å². The molecule has 8 nitrogen and oxygen atoms in total. The van der Waals surface area contributed by atoms with Gasteiger partial charge >= 0.3 is 5.97 Å². The van der Waals surface area contributed by atoms with Gasteiger partial charge in [0, 0.05) is 12.3 Å². The van der Waals surface area contributed by atoms with E-state index in [4.69, 9.17) is 4.74 Å². The summed E-state index contributed by atoms with van der Waals surface area (Å²) in [6.45, 7) is 0.309. The van der Waals surface area contributed by atoms with Crippen LogP contribution in [0.15, 0.2) is 12.5 Å². The zero-order chi connectivity index (χ0) is 18.1. The van der Waals surface area contributed by atoms with Crippen LogP contribution in [0.25, 0.3) is 0 Å². The summed E-state index contributed by atoms with van der Waals surface area (Å²) in [5.74, 6) is -0.279. The maximum atomic E-state index is 13.3. The number of nitrogens with one attached hydrogen (secondary N) is 2. The standard InChI is InChI=1S/C18H23N5O3/c1-26-18(25)15-7-13-14(20-10-19-13)9-23(15)17(24)12-8-21-22-16(12)11-5-3-2-4-6-11/h8,10-11,15H,2-7,9H2,1H3,(H,19,20)(H,21,22)/t15-/m1/s1. The number of fused-ring (bicyclic) bond motifs is 1. The van der Waals surface area contributed by atoms with E-state index < -0.39 is 12.0 Å². The summed E-state index contributed by atoms with van der Waals surface area (Å²) in [4.78, 5) is 34.5. The number of aromatic nitrogens is 4. The molecule has 2 N–H and O–H groups in total. The van der Waals surface area contributed by atoms with Gasteiger partial charge < -0.3 is 14.6 Å². The van der Waals surface area contributed by atoms with Crippen molar-refractivity contribution in [2.24, 2.45) is 0 Å². The Balaban J connectivity index is 1.64. The van der Waals surface area contributed by atoms with E-state index in [1.807, 2.05) is 0 Å². The van der Waals surface area contributed by atoms with Crippen LogP contribution in [0.5, 0.6) is 0 Å². The molecule has 4 rings (SSSR count). The molecule has 2 aliphatic rings. The highest BCUT2D eigenvalue weighted by Crippen LogP contribution is 2.34.